The molecule has 0 saturated carbocycles. The molecular weight excluding hydrogens is 294 g/mol. The third-order valence-electron chi connectivity index (χ3n) is 2.51. The molecule has 0 aliphatic carbocycles. The van der Waals surface area contributed by atoms with Crippen LogP contribution in [0.15, 0.2) is 41.4 Å². The highest BCUT2D eigenvalue weighted by atomic mass is 32.2. The zero-order chi connectivity index (χ0) is 14.9. The van der Waals surface area contributed by atoms with Crippen LogP contribution < -0.4 is 0 Å². The molecule has 106 valence electrons. The second kappa shape index (κ2) is 5.00. The average Bonchev–Trinajstić information content (AvgIpc) is 2.88. The Morgan fingerprint density at radius 3 is 2.30 bits per heavy atom. The number of carboxylic acids is 1. The van der Waals surface area contributed by atoms with Crippen molar-refractivity contribution in [1.82, 2.24) is 9.78 Å². The highest BCUT2D eigenvalue weighted by Crippen LogP contribution is 2.20. The molecule has 6 nitrogen and oxygen atoms in total. The summed E-state index contributed by atoms with van der Waals surface area (Å²) in [7, 11) is -4.67. The summed E-state index contributed by atoms with van der Waals surface area (Å²) in [5.41, 5.74) is 0.120. The highest BCUT2D eigenvalue weighted by molar-refractivity contribution is 7.91. The average molecular weight is 302 g/mol. The molecule has 1 heterocycles. The summed E-state index contributed by atoms with van der Waals surface area (Å²) in [6.45, 7) is 0. The maximum absolute atomic E-state index is 12.4. The minimum Gasteiger partial charge on any atom is -0.477 e. The van der Waals surface area contributed by atoms with E-state index in [-0.39, 0.29) is 11.4 Å². The summed E-state index contributed by atoms with van der Waals surface area (Å²) in [4.78, 5) is 10.4. The first-order valence-corrected chi connectivity index (χ1v) is 6.78. The van der Waals surface area contributed by atoms with Gasteiger partial charge in [-0.2, -0.15) is 13.9 Å². The Bertz CT molecular complexity index is 738. The molecule has 20 heavy (non-hydrogen) atoms. The zero-order valence-electron chi connectivity index (χ0n) is 9.77. The monoisotopic (exact) mass is 302 g/mol. The normalized spacial score (nSPS) is 11.8. The van der Waals surface area contributed by atoms with Crippen molar-refractivity contribution in [2.45, 2.75) is 10.7 Å². The van der Waals surface area contributed by atoms with Gasteiger partial charge in [0.25, 0.3) is 0 Å². The SMILES string of the molecule is O=C(O)c1ccnn1-c1ccc(S(=O)(=O)C(F)F)cc1. The third-order valence-corrected chi connectivity index (χ3v) is 3.90. The van der Waals surface area contributed by atoms with Gasteiger partial charge >= 0.3 is 11.7 Å². The van der Waals surface area contributed by atoms with Crippen molar-refractivity contribution in [3.8, 4) is 5.69 Å². The number of carboxylic acid groups (broad SMARTS) is 1. The lowest BCUT2D eigenvalue weighted by atomic mass is 10.3. The summed E-state index contributed by atoms with van der Waals surface area (Å²) < 4.78 is 48.3. The van der Waals surface area contributed by atoms with E-state index in [9.17, 15) is 22.0 Å². The molecule has 0 saturated heterocycles. The lowest BCUT2D eigenvalue weighted by Crippen LogP contribution is -2.12. The van der Waals surface area contributed by atoms with Gasteiger partial charge in [-0.3, -0.25) is 0 Å². The Balaban J connectivity index is 2.43. The number of halogens is 2. The molecule has 0 aliphatic rings. The Kier molecular flexibility index (Phi) is 3.53. The molecule has 1 aromatic carbocycles. The van der Waals surface area contributed by atoms with Gasteiger partial charge in [-0.05, 0) is 30.3 Å². The van der Waals surface area contributed by atoms with E-state index in [4.69, 9.17) is 5.11 Å². The van der Waals surface area contributed by atoms with Crippen LogP contribution in [0, 0.1) is 0 Å². The number of rotatable bonds is 4. The Labute approximate surface area is 112 Å². The topological polar surface area (TPSA) is 89.3 Å². The highest BCUT2D eigenvalue weighted by Gasteiger charge is 2.26. The summed E-state index contributed by atoms with van der Waals surface area (Å²) in [6, 6.07) is 5.61. The molecule has 1 aromatic heterocycles. The van der Waals surface area contributed by atoms with Crippen molar-refractivity contribution in [2.24, 2.45) is 0 Å². The maximum Gasteiger partial charge on any atom is 0.354 e. The minimum atomic E-state index is -4.67. The van der Waals surface area contributed by atoms with E-state index >= 15 is 0 Å². The fraction of sp³-hybridized carbons (Fsp3) is 0.0909. The minimum absolute atomic E-state index is 0.130. The maximum atomic E-state index is 12.4. The number of aromatic nitrogens is 2. The molecule has 2 rings (SSSR count). The molecule has 0 aliphatic heterocycles. The first-order chi connectivity index (χ1) is 9.34. The number of aromatic carboxylic acids is 1. The lowest BCUT2D eigenvalue weighted by molar-refractivity contribution is 0.0687. The standard InChI is InChI=1S/C11H8F2N2O4S/c12-11(13)20(18,19)8-3-1-7(2-4-8)15-9(10(16)17)5-6-14-15/h1-6,11H,(H,16,17). The smallest absolute Gasteiger partial charge is 0.354 e. The van der Waals surface area contributed by atoms with Crippen LogP contribution in [0.3, 0.4) is 0 Å². The van der Waals surface area contributed by atoms with Gasteiger partial charge in [0.05, 0.1) is 16.8 Å². The van der Waals surface area contributed by atoms with Gasteiger partial charge in [-0.15, -0.1) is 0 Å². The van der Waals surface area contributed by atoms with Crippen molar-refractivity contribution < 1.29 is 27.1 Å². The van der Waals surface area contributed by atoms with Gasteiger partial charge in [-0.25, -0.2) is 17.9 Å². The van der Waals surface area contributed by atoms with Crippen LogP contribution in [0.4, 0.5) is 8.78 Å². The molecule has 0 amide bonds. The zero-order valence-corrected chi connectivity index (χ0v) is 10.6. The van der Waals surface area contributed by atoms with E-state index < -0.39 is 26.5 Å². The third kappa shape index (κ3) is 2.39. The van der Waals surface area contributed by atoms with Gasteiger partial charge in [0.1, 0.15) is 0 Å². The fourth-order valence-corrected chi connectivity index (χ4v) is 2.27. The van der Waals surface area contributed by atoms with Crippen LogP contribution in [-0.4, -0.2) is 35.0 Å². The summed E-state index contributed by atoms with van der Waals surface area (Å²) in [5, 5.41) is 12.7. The number of hydrogen-bond donors (Lipinski definition) is 1. The number of benzene rings is 1. The fourth-order valence-electron chi connectivity index (χ4n) is 1.55. The second-order valence-corrected chi connectivity index (χ2v) is 5.65. The number of hydrogen-bond acceptors (Lipinski definition) is 4. The van der Waals surface area contributed by atoms with Crippen LogP contribution in [0.5, 0.6) is 0 Å². The van der Waals surface area contributed by atoms with Crippen molar-refractivity contribution in [3.05, 3.63) is 42.2 Å². The van der Waals surface area contributed by atoms with Crippen molar-refractivity contribution in [1.29, 1.82) is 0 Å². The van der Waals surface area contributed by atoms with Gasteiger partial charge in [0, 0.05) is 0 Å². The van der Waals surface area contributed by atoms with Crippen molar-refractivity contribution >= 4 is 15.8 Å². The van der Waals surface area contributed by atoms with Crippen molar-refractivity contribution in [3.63, 3.8) is 0 Å². The van der Waals surface area contributed by atoms with Crippen molar-refractivity contribution in [2.75, 3.05) is 0 Å². The van der Waals surface area contributed by atoms with Crippen LogP contribution in [0.2, 0.25) is 0 Å². The van der Waals surface area contributed by atoms with Gasteiger partial charge in [-0.1, -0.05) is 0 Å². The van der Waals surface area contributed by atoms with Gasteiger partial charge in [0.15, 0.2) is 5.69 Å². The predicted molar refractivity (Wildman–Crippen MR) is 63.7 cm³/mol. The quantitative estimate of drug-likeness (QED) is 0.926. The van der Waals surface area contributed by atoms with E-state index in [1.165, 1.54) is 24.4 Å². The van der Waals surface area contributed by atoms with E-state index in [2.05, 4.69) is 5.10 Å². The van der Waals surface area contributed by atoms with E-state index in [1.807, 2.05) is 0 Å². The molecule has 1 N–H and O–H groups in total. The number of sulfone groups is 1. The van der Waals surface area contributed by atoms with Gasteiger partial charge in [0.2, 0.25) is 9.84 Å². The lowest BCUT2D eigenvalue weighted by Gasteiger charge is -2.06. The first kappa shape index (κ1) is 14.1. The summed E-state index contributed by atoms with van der Waals surface area (Å²) in [5.74, 6) is -4.72. The van der Waals surface area contributed by atoms with Crippen LogP contribution >= 0.6 is 0 Å². The molecule has 0 radical (unpaired) electrons. The second-order valence-electron chi connectivity index (χ2n) is 3.73. The van der Waals surface area contributed by atoms with E-state index in [1.54, 1.807) is 0 Å². The molecule has 0 bridgehead atoms. The predicted octanol–water partition coefficient (Wildman–Crippen LogP) is 1.57. The Hall–Kier alpha value is -2.29. The van der Waals surface area contributed by atoms with Crippen LogP contribution in [0.1, 0.15) is 10.5 Å². The first-order valence-electron chi connectivity index (χ1n) is 5.24. The summed E-state index contributed by atoms with van der Waals surface area (Å²) >= 11 is 0. The molecular formula is C11H8F2N2O4S. The number of carbonyl (C=O) groups is 1. The molecule has 0 atom stereocenters. The largest absolute Gasteiger partial charge is 0.477 e. The van der Waals surface area contributed by atoms with Crippen LogP contribution in [-0.2, 0) is 9.84 Å². The molecule has 0 unspecified atom stereocenters. The molecule has 9 heteroatoms. The molecule has 2 aromatic rings. The van der Waals surface area contributed by atoms with E-state index in [0.717, 1.165) is 16.8 Å². The number of alkyl halides is 2. The summed E-state index contributed by atoms with van der Waals surface area (Å²) in [6.07, 6.45) is 1.26. The Morgan fingerprint density at radius 2 is 1.80 bits per heavy atom. The number of nitrogens with zero attached hydrogens (tertiary/aromatic N) is 2. The molecule has 0 spiro atoms. The van der Waals surface area contributed by atoms with Gasteiger partial charge < -0.3 is 5.11 Å². The Morgan fingerprint density at radius 1 is 1.20 bits per heavy atom. The molecule has 0 fully saturated rings. The van der Waals surface area contributed by atoms with Crippen LogP contribution in [0.25, 0.3) is 5.69 Å². The van der Waals surface area contributed by atoms with E-state index in [0.29, 0.717) is 0 Å².